The molecule has 92 valence electrons. The van der Waals surface area contributed by atoms with Crippen LogP contribution in [0.15, 0.2) is 48.9 Å². The van der Waals surface area contributed by atoms with Gasteiger partial charge >= 0.3 is 0 Å². The number of hydrogen-bond donors (Lipinski definition) is 1. The van der Waals surface area contributed by atoms with Gasteiger partial charge in [-0.15, -0.1) is 0 Å². The summed E-state index contributed by atoms with van der Waals surface area (Å²) in [5.74, 6) is 0.685. The standard InChI is InChI=1S/C14H11N5/c15-8-11-4-5-16-13(7-11)17-9-12-10-18-14-3-1-2-6-19(12)14/h1-7,10H,9H2,(H,16,17). The Morgan fingerprint density at radius 2 is 2.21 bits per heavy atom. The van der Waals surface area contributed by atoms with E-state index in [1.165, 1.54) is 0 Å². The van der Waals surface area contributed by atoms with Crippen LogP contribution in [0.25, 0.3) is 5.65 Å². The smallest absolute Gasteiger partial charge is 0.136 e. The molecule has 0 saturated heterocycles. The Labute approximate surface area is 110 Å². The van der Waals surface area contributed by atoms with Crippen molar-refractivity contribution in [2.24, 2.45) is 0 Å². The van der Waals surface area contributed by atoms with Crippen LogP contribution < -0.4 is 5.32 Å². The van der Waals surface area contributed by atoms with Crippen LogP contribution in [0.5, 0.6) is 0 Å². The number of fused-ring (bicyclic) bond motifs is 1. The third kappa shape index (κ3) is 2.24. The van der Waals surface area contributed by atoms with Crippen molar-refractivity contribution in [1.82, 2.24) is 14.4 Å². The maximum Gasteiger partial charge on any atom is 0.136 e. The average molecular weight is 249 g/mol. The molecule has 0 bridgehead atoms. The Morgan fingerprint density at radius 1 is 1.26 bits per heavy atom. The van der Waals surface area contributed by atoms with Gasteiger partial charge in [0.1, 0.15) is 11.5 Å². The van der Waals surface area contributed by atoms with Crippen molar-refractivity contribution in [3.63, 3.8) is 0 Å². The van der Waals surface area contributed by atoms with E-state index < -0.39 is 0 Å². The molecule has 0 aliphatic rings. The fraction of sp³-hybridized carbons (Fsp3) is 0.0714. The lowest BCUT2D eigenvalue weighted by atomic mass is 10.3. The molecule has 3 heterocycles. The van der Waals surface area contributed by atoms with Crippen molar-refractivity contribution in [2.45, 2.75) is 6.54 Å². The SMILES string of the molecule is N#Cc1ccnc(NCc2cnc3ccccn23)c1. The van der Waals surface area contributed by atoms with Crippen molar-refractivity contribution in [3.8, 4) is 6.07 Å². The molecule has 3 rings (SSSR count). The maximum atomic E-state index is 8.84. The van der Waals surface area contributed by atoms with Crippen LogP contribution in [0, 0.1) is 11.3 Å². The molecule has 1 N–H and O–H groups in total. The van der Waals surface area contributed by atoms with Gasteiger partial charge in [0.2, 0.25) is 0 Å². The van der Waals surface area contributed by atoms with Crippen LogP contribution >= 0.6 is 0 Å². The zero-order valence-corrected chi connectivity index (χ0v) is 10.1. The topological polar surface area (TPSA) is 66.0 Å². The summed E-state index contributed by atoms with van der Waals surface area (Å²) < 4.78 is 2.02. The summed E-state index contributed by atoms with van der Waals surface area (Å²) in [4.78, 5) is 8.49. The van der Waals surface area contributed by atoms with E-state index >= 15 is 0 Å². The molecule has 0 aliphatic carbocycles. The van der Waals surface area contributed by atoms with Gasteiger partial charge in [-0.2, -0.15) is 5.26 Å². The Balaban J connectivity index is 1.81. The van der Waals surface area contributed by atoms with Gasteiger partial charge in [0.05, 0.1) is 30.1 Å². The van der Waals surface area contributed by atoms with E-state index in [-0.39, 0.29) is 0 Å². The van der Waals surface area contributed by atoms with E-state index in [2.05, 4.69) is 21.4 Å². The van der Waals surface area contributed by atoms with E-state index in [1.807, 2.05) is 35.0 Å². The number of hydrogen-bond acceptors (Lipinski definition) is 4. The highest BCUT2D eigenvalue weighted by molar-refractivity contribution is 5.44. The minimum Gasteiger partial charge on any atom is -0.364 e. The van der Waals surface area contributed by atoms with E-state index in [9.17, 15) is 0 Å². The zero-order valence-electron chi connectivity index (χ0n) is 10.1. The second-order valence-corrected chi connectivity index (χ2v) is 4.07. The molecule has 5 nitrogen and oxygen atoms in total. The second-order valence-electron chi connectivity index (χ2n) is 4.07. The fourth-order valence-corrected chi connectivity index (χ4v) is 1.89. The lowest BCUT2D eigenvalue weighted by Crippen LogP contribution is -2.03. The Morgan fingerprint density at radius 3 is 3.11 bits per heavy atom. The molecule has 0 aromatic carbocycles. The molecule has 0 aliphatic heterocycles. The molecule has 0 atom stereocenters. The van der Waals surface area contributed by atoms with Crippen LogP contribution in [-0.2, 0) is 6.54 Å². The van der Waals surface area contributed by atoms with Crippen LogP contribution in [0.1, 0.15) is 11.3 Å². The molecule has 3 aromatic heterocycles. The third-order valence-corrected chi connectivity index (χ3v) is 2.83. The average Bonchev–Trinajstić information content (AvgIpc) is 2.89. The highest BCUT2D eigenvalue weighted by Gasteiger charge is 2.02. The van der Waals surface area contributed by atoms with Crippen molar-refractivity contribution in [1.29, 1.82) is 5.26 Å². The number of imidazole rings is 1. The number of nitrogens with one attached hydrogen (secondary N) is 1. The van der Waals surface area contributed by atoms with Gasteiger partial charge < -0.3 is 9.72 Å². The summed E-state index contributed by atoms with van der Waals surface area (Å²) >= 11 is 0. The number of nitrogens with zero attached hydrogens (tertiary/aromatic N) is 4. The predicted molar refractivity (Wildman–Crippen MR) is 71.5 cm³/mol. The van der Waals surface area contributed by atoms with Gasteiger partial charge in [0.15, 0.2) is 0 Å². The van der Waals surface area contributed by atoms with Crippen LogP contribution in [0.2, 0.25) is 0 Å². The van der Waals surface area contributed by atoms with E-state index in [4.69, 9.17) is 5.26 Å². The summed E-state index contributed by atoms with van der Waals surface area (Å²) in [6, 6.07) is 11.4. The molecule has 0 radical (unpaired) electrons. The Hall–Kier alpha value is -2.87. The molecule has 3 aromatic rings. The predicted octanol–water partition coefficient (Wildman–Crippen LogP) is 2.21. The van der Waals surface area contributed by atoms with E-state index in [0.717, 1.165) is 11.3 Å². The number of anilines is 1. The fourth-order valence-electron chi connectivity index (χ4n) is 1.89. The van der Waals surface area contributed by atoms with Gasteiger partial charge in [0.25, 0.3) is 0 Å². The zero-order chi connectivity index (χ0) is 13.1. The first-order chi connectivity index (χ1) is 9.36. The minimum atomic E-state index is 0.593. The third-order valence-electron chi connectivity index (χ3n) is 2.83. The summed E-state index contributed by atoms with van der Waals surface area (Å²) in [6.07, 6.45) is 5.42. The van der Waals surface area contributed by atoms with Crippen molar-refractivity contribution >= 4 is 11.5 Å². The van der Waals surface area contributed by atoms with Gasteiger partial charge in [-0.05, 0) is 24.3 Å². The maximum absolute atomic E-state index is 8.84. The van der Waals surface area contributed by atoms with Crippen molar-refractivity contribution < 1.29 is 0 Å². The molecule has 19 heavy (non-hydrogen) atoms. The number of nitriles is 1. The van der Waals surface area contributed by atoms with Crippen LogP contribution in [-0.4, -0.2) is 14.4 Å². The molecule has 0 fully saturated rings. The molecule has 0 spiro atoms. The van der Waals surface area contributed by atoms with Gasteiger partial charge in [-0.3, -0.25) is 0 Å². The van der Waals surface area contributed by atoms with E-state index in [0.29, 0.717) is 17.9 Å². The minimum absolute atomic E-state index is 0.593. The van der Waals surface area contributed by atoms with Gasteiger partial charge in [0, 0.05) is 12.4 Å². The highest BCUT2D eigenvalue weighted by atomic mass is 15.0. The Bertz CT molecular complexity index is 754. The monoisotopic (exact) mass is 249 g/mol. The van der Waals surface area contributed by atoms with Crippen LogP contribution in [0.4, 0.5) is 5.82 Å². The normalized spacial score (nSPS) is 10.3. The van der Waals surface area contributed by atoms with E-state index in [1.54, 1.807) is 18.3 Å². The summed E-state index contributed by atoms with van der Waals surface area (Å²) in [7, 11) is 0. The second kappa shape index (κ2) is 4.78. The lowest BCUT2D eigenvalue weighted by Gasteiger charge is -2.05. The highest BCUT2D eigenvalue weighted by Crippen LogP contribution is 2.10. The number of pyridine rings is 2. The van der Waals surface area contributed by atoms with Gasteiger partial charge in [-0.25, -0.2) is 9.97 Å². The summed E-state index contributed by atoms with van der Waals surface area (Å²) in [5, 5.41) is 12.0. The molecule has 0 unspecified atom stereocenters. The quantitative estimate of drug-likeness (QED) is 0.772. The molecule has 5 heteroatoms. The van der Waals surface area contributed by atoms with Crippen molar-refractivity contribution in [3.05, 3.63) is 60.2 Å². The Kier molecular flexibility index (Phi) is 2.83. The first kappa shape index (κ1) is 11.2. The van der Waals surface area contributed by atoms with Crippen LogP contribution in [0.3, 0.4) is 0 Å². The summed E-state index contributed by atoms with van der Waals surface area (Å²) in [5.41, 5.74) is 2.55. The first-order valence-electron chi connectivity index (χ1n) is 5.88. The molecule has 0 amide bonds. The number of aromatic nitrogens is 3. The molecule has 0 saturated carbocycles. The first-order valence-corrected chi connectivity index (χ1v) is 5.88. The summed E-state index contributed by atoms with van der Waals surface area (Å²) in [6.45, 7) is 0.604. The van der Waals surface area contributed by atoms with Gasteiger partial charge in [-0.1, -0.05) is 6.07 Å². The molecular formula is C14H11N5. The largest absolute Gasteiger partial charge is 0.364 e. The number of rotatable bonds is 3. The lowest BCUT2D eigenvalue weighted by molar-refractivity contribution is 0.993. The van der Waals surface area contributed by atoms with Crippen molar-refractivity contribution in [2.75, 3.05) is 5.32 Å². The molecular weight excluding hydrogens is 238 g/mol.